The second kappa shape index (κ2) is 10.1. The topological polar surface area (TPSA) is 60.9 Å². The van der Waals surface area contributed by atoms with E-state index < -0.39 is 10.0 Å². The summed E-state index contributed by atoms with van der Waals surface area (Å²) in [5.41, 5.74) is 3.67. The summed E-state index contributed by atoms with van der Waals surface area (Å²) in [6.45, 7) is 4.47. The molecule has 3 aromatic carbocycles. The molecule has 7 heteroatoms. The van der Waals surface area contributed by atoms with Gasteiger partial charge in [-0.2, -0.15) is 0 Å². The van der Waals surface area contributed by atoms with Gasteiger partial charge in [0.25, 0.3) is 5.91 Å². The van der Waals surface area contributed by atoms with Crippen molar-refractivity contribution in [1.82, 2.24) is 14.1 Å². The summed E-state index contributed by atoms with van der Waals surface area (Å²) >= 11 is 0. The van der Waals surface area contributed by atoms with Gasteiger partial charge in [0.2, 0.25) is 10.0 Å². The standard InChI is InChI=1S/C27H31N3O3S/c1-21-14-15-24(34(32,33)28(2)3)20-25(21)27(31)30-18-16-29(17-19-30)26(22-10-6-4-7-11-22)23-12-8-5-9-13-23/h4-15,20,26H,16-19H2,1-3H3. The van der Waals surface area contributed by atoms with Crippen LogP contribution in [0.5, 0.6) is 0 Å². The van der Waals surface area contributed by atoms with Crippen molar-refractivity contribution < 1.29 is 13.2 Å². The second-order valence-electron chi connectivity index (χ2n) is 8.82. The maximum absolute atomic E-state index is 13.4. The molecule has 1 fully saturated rings. The summed E-state index contributed by atoms with van der Waals surface area (Å²) in [4.78, 5) is 17.8. The first-order valence-electron chi connectivity index (χ1n) is 11.5. The van der Waals surface area contributed by atoms with Crippen LogP contribution in [0, 0.1) is 6.92 Å². The van der Waals surface area contributed by atoms with Crippen LogP contribution >= 0.6 is 0 Å². The van der Waals surface area contributed by atoms with Crippen LogP contribution in [-0.2, 0) is 10.0 Å². The third-order valence-electron chi connectivity index (χ3n) is 6.42. The van der Waals surface area contributed by atoms with Crippen LogP contribution in [0.4, 0.5) is 0 Å². The van der Waals surface area contributed by atoms with Crippen molar-refractivity contribution in [3.05, 3.63) is 101 Å². The fourth-order valence-electron chi connectivity index (χ4n) is 4.44. The average Bonchev–Trinajstić information content (AvgIpc) is 2.85. The number of sulfonamides is 1. The van der Waals surface area contributed by atoms with Crippen molar-refractivity contribution in [1.29, 1.82) is 0 Å². The van der Waals surface area contributed by atoms with E-state index in [4.69, 9.17) is 0 Å². The molecule has 0 bridgehead atoms. The number of hydrogen-bond donors (Lipinski definition) is 0. The fraction of sp³-hybridized carbons (Fsp3) is 0.296. The molecule has 4 rings (SSSR count). The molecular formula is C27H31N3O3S. The number of amides is 1. The first kappa shape index (κ1) is 24.1. The van der Waals surface area contributed by atoms with Gasteiger partial charge in [0.1, 0.15) is 0 Å². The van der Waals surface area contributed by atoms with Crippen molar-refractivity contribution in [2.75, 3.05) is 40.3 Å². The Hall–Kier alpha value is -3.00. The minimum atomic E-state index is -3.61. The highest BCUT2D eigenvalue weighted by Gasteiger charge is 2.29. The highest BCUT2D eigenvalue weighted by molar-refractivity contribution is 7.89. The van der Waals surface area contributed by atoms with E-state index in [9.17, 15) is 13.2 Å². The van der Waals surface area contributed by atoms with Crippen molar-refractivity contribution in [2.24, 2.45) is 0 Å². The third kappa shape index (κ3) is 4.92. The summed E-state index contributed by atoms with van der Waals surface area (Å²) in [6, 6.07) is 25.8. The molecule has 6 nitrogen and oxygen atoms in total. The maximum atomic E-state index is 13.4. The predicted molar refractivity (Wildman–Crippen MR) is 134 cm³/mol. The maximum Gasteiger partial charge on any atom is 0.254 e. The summed E-state index contributed by atoms with van der Waals surface area (Å²) < 4.78 is 26.3. The summed E-state index contributed by atoms with van der Waals surface area (Å²) in [5.74, 6) is -0.121. The van der Waals surface area contributed by atoms with Crippen LogP contribution in [0.1, 0.15) is 33.1 Å². The van der Waals surface area contributed by atoms with Crippen LogP contribution in [0.3, 0.4) is 0 Å². The van der Waals surface area contributed by atoms with Crippen LogP contribution in [-0.4, -0.2) is 68.7 Å². The smallest absolute Gasteiger partial charge is 0.254 e. The lowest BCUT2D eigenvalue weighted by Crippen LogP contribution is -2.50. The number of hydrogen-bond acceptors (Lipinski definition) is 4. The molecule has 1 amide bonds. The number of carbonyl (C=O) groups is 1. The number of rotatable bonds is 6. The van der Waals surface area contributed by atoms with Gasteiger partial charge in [0.15, 0.2) is 0 Å². The van der Waals surface area contributed by atoms with E-state index in [2.05, 4.69) is 53.4 Å². The number of aryl methyl sites for hydroxylation is 1. The first-order chi connectivity index (χ1) is 16.3. The first-order valence-corrected chi connectivity index (χ1v) is 12.9. The van der Waals surface area contributed by atoms with E-state index in [0.717, 1.165) is 23.0 Å². The van der Waals surface area contributed by atoms with E-state index in [1.54, 1.807) is 12.1 Å². The molecule has 1 heterocycles. The highest BCUT2D eigenvalue weighted by Crippen LogP contribution is 2.30. The van der Waals surface area contributed by atoms with Gasteiger partial charge >= 0.3 is 0 Å². The normalized spacial score (nSPS) is 15.1. The zero-order chi connectivity index (χ0) is 24.3. The van der Waals surface area contributed by atoms with Gasteiger partial charge in [-0.1, -0.05) is 66.7 Å². The van der Waals surface area contributed by atoms with Crippen LogP contribution < -0.4 is 0 Å². The Labute approximate surface area is 202 Å². The van der Waals surface area contributed by atoms with E-state index in [1.807, 2.05) is 24.0 Å². The molecule has 0 aromatic heterocycles. The van der Waals surface area contributed by atoms with Gasteiger partial charge in [0.05, 0.1) is 10.9 Å². The van der Waals surface area contributed by atoms with Crippen LogP contribution in [0.15, 0.2) is 83.8 Å². The highest BCUT2D eigenvalue weighted by atomic mass is 32.2. The van der Waals surface area contributed by atoms with Crippen molar-refractivity contribution >= 4 is 15.9 Å². The Morgan fingerprint density at radius 3 is 1.85 bits per heavy atom. The molecule has 34 heavy (non-hydrogen) atoms. The molecule has 178 valence electrons. The summed E-state index contributed by atoms with van der Waals surface area (Å²) in [6.07, 6.45) is 0. The van der Waals surface area contributed by atoms with Crippen molar-refractivity contribution in [2.45, 2.75) is 17.9 Å². The Balaban J connectivity index is 1.54. The van der Waals surface area contributed by atoms with Gasteiger partial charge in [-0.3, -0.25) is 9.69 Å². The molecule has 1 saturated heterocycles. The molecule has 0 atom stereocenters. The second-order valence-corrected chi connectivity index (χ2v) is 11.0. The van der Waals surface area contributed by atoms with E-state index >= 15 is 0 Å². The molecule has 0 spiro atoms. The predicted octanol–water partition coefficient (Wildman–Crippen LogP) is 3.79. The summed E-state index contributed by atoms with van der Waals surface area (Å²) in [7, 11) is -0.624. The number of carbonyl (C=O) groups excluding carboxylic acids is 1. The molecule has 1 aliphatic heterocycles. The fourth-order valence-corrected chi connectivity index (χ4v) is 5.37. The monoisotopic (exact) mass is 477 g/mol. The lowest BCUT2D eigenvalue weighted by Gasteiger charge is -2.40. The van der Waals surface area contributed by atoms with Crippen LogP contribution in [0.25, 0.3) is 0 Å². The molecule has 0 aliphatic carbocycles. The third-order valence-corrected chi connectivity index (χ3v) is 8.23. The van der Waals surface area contributed by atoms with E-state index in [1.165, 1.54) is 31.3 Å². The van der Waals surface area contributed by atoms with Crippen molar-refractivity contribution in [3.8, 4) is 0 Å². The van der Waals surface area contributed by atoms with E-state index in [0.29, 0.717) is 18.7 Å². The van der Waals surface area contributed by atoms with Crippen molar-refractivity contribution in [3.63, 3.8) is 0 Å². The lowest BCUT2D eigenvalue weighted by molar-refractivity contribution is 0.0596. The van der Waals surface area contributed by atoms with Crippen LogP contribution in [0.2, 0.25) is 0 Å². The molecule has 0 N–H and O–H groups in total. The minimum absolute atomic E-state index is 0.120. The molecule has 3 aromatic rings. The Kier molecular flexibility index (Phi) is 7.16. The lowest BCUT2D eigenvalue weighted by atomic mass is 9.96. The van der Waals surface area contributed by atoms with Gasteiger partial charge in [-0.05, 0) is 35.7 Å². The van der Waals surface area contributed by atoms with Gasteiger partial charge in [-0.25, -0.2) is 12.7 Å². The van der Waals surface area contributed by atoms with Gasteiger partial charge in [0, 0.05) is 45.8 Å². The largest absolute Gasteiger partial charge is 0.336 e. The summed E-state index contributed by atoms with van der Waals surface area (Å²) in [5, 5.41) is 0. The Bertz CT molecular complexity index is 1200. The average molecular weight is 478 g/mol. The zero-order valence-corrected chi connectivity index (χ0v) is 20.7. The van der Waals surface area contributed by atoms with Gasteiger partial charge in [-0.15, -0.1) is 0 Å². The molecular weight excluding hydrogens is 446 g/mol. The molecule has 0 radical (unpaired) electrons. The molecule has 0 unspecified atom stereocenters. The Morgan fingerprint density at radius 2 is 1.35 bits per heavy atom. The molecule has 1 aliphatic rings. The number of nitrogens with zero attached hydrogens (tertiary/aromatic N) is 3. The SMILES string of the molecule is Cc1ccc(S(=O)(=O)N(C)C)cc1C(=O)N1CCN(C(c2ccccc2)c2ccccc2)CC1. The minimum Gasteiger partial charge on any atom is -0.336 e. The Morgan fingerprint density at radius 1 is 0.824 bits per heavy atom. The number of piperazine rings is 1. The molecule has 0 saturated carbocycles. The van der Waals surface area contributed by atoms with Gasteiger partial charge < -0.3 is 4.90 Å². The van der Waals surface area contributed by atoms with E-state index in [-0.39, 0.29) is 16.8 Å². The number of benzene rings is 3. The quantitative estimate of drug-likeness (QED) is 0.542. The zero-order valence-electron chi connectivity index (χ0n) is 19.9.